The third-order valence-corrected chi connectivity index (χ3v) is 4.24. The largest absolute Gasteiger partial charge is 0.433 e. The first-order valence-electron chi connectivity index (χ1n) is 9.88. The Labute approximate surface area is 197 Å². The molecule has 9 nitrogen and oxygen atoms in total. The monoisotopic (exact) mass is 561 g/mol. The predicted molar refractivity (Wildman–Crippen MR) is 123 cm³/mol. The second kappa shape index (κ2) is 13.2. The van der Waals surface area contributed by atoms with Crippen molar-refractivity contribution in [3.8, 4) is 0 Å². The molecule has 0 radical (unpaired) electrons. The van der Waals surface area contributed by atoms with Crippen LogP contribution in [-0.4, -0.2) is 90.6 Å². The molecule has 1 fully saturated rings. The van der Waals surface area contributed by atoms with Gasteiger partial charge in [0, 0.05) is 45.5 Å². The number of guanidine groups is 1. The maximum atomic E-state index is 12.7. The van der Waals surface area contributed by atoms with Crippen molar-refractivity contribution in [1.29, 1.82) is 0 Å². The van der Waals surface area contributed by atoms with Gasteiger partial charge in [-0.05, 0) is 19.9 Å². The third kappa shape index (κ3) is 10.6. The van der Waals surface area contributed by atoms with Crippen molar-refractivity contribution in [2.24, 2.45) is 4.99 Å². The zero-order valence-corrected chi connectivity index (χ0v) is 20.0. The first-order valence-corrected chi connectivity index (χ1v) is 9.88. The number of rotatable bonds is 9. The van der Waals surface area contributed by atoms with E-state index in [1.54, 1.807) is 6.92 Å². The zero-order chi connectivity index (χ0) is 22.0. The van der Waals surface area contributed by atoms with Crippen LogP contribution in [0.25, 0.3) is 0 Å². The number of aliphatic imine (C=N–C) groups is 1. The van der Waals surface area contributed by atoms with Crippen LogP contribution in [0.2, 0.25) is 0 Å². The minimum Gasteiger partial charge on any atom is -0.387 e. The Kier molecular flexibility index (Phi) is 11.7. The number of aromatic nitrogens is 2. The molecule has 4 N–H and O–H groups in total. The number of nitrogens with one attached hydrogen (secondary N) is 3. The highest BCUT2D eigenvalue weighted by atomic mass is 127. The van der Waals surface area contributed by atoms with Gasteiger partial charge in [0.2, 0.25) is 5.95 Å². The van der Waals surface area contributed by atoms with Crippen molar-refractivity contribution in [3.05, 3.63) is 18.0 Å². The summed E-state index contributed by atoms with van der Waals surface area (Å²) in [7, 11) is 0. The minimum absolute atomic E-state index is 0. The summed E-state index contributed by atoms with van der Waals surface area (Å²) in [5.74, 6) is 0.411. The van der Waals surface area contributed by atoms with E-state index in [1.807, 2.05) is 6.92 Å². The molecule has 0 aliphatic carbocycles. The molecule has 178 valence electrons. The lowest BCUT2D eigenvalue weighted by Gasteiger charge is -2.33. The van der Waals surface area contributed by atoms with Crippen LogP contribution in [0, 0.1) is 0 Å². The van der Waals surface area contributed by atoms with Gasteiger partial charge in [-0.3, -0.25) is 9.89 Å². The van der Waals surface area contributed by atoms with Gasteiger partial charge in [-0.15, -0.1) is 24.0 Å². The quantitative estimate of drug-likeness (QED) is 0.154. The topological polar surface area (TPSA) is 107 Å². The summed E-state index contributed by atoms with van der Waals surface area (Å²) in [5, 5.41) is 19.5. The van der Waals surface area contributed by atoms with E-state index in [-0.39, 0.29) is 43.0 Å². The first-order chi connectivity index (χ1) is 14.2. The number of nitrogens with zero attached hydrogens (tertiary/aromatic N) is 4. The van der Waals surface area contributed by atoms with Crippen molar-refractivity contribution >= 4 is 35.9 Å². The van der Waals surface area contributed by atoms with Gasteiger partial charge in [-0.1, -0.05) is 0 Å². The molecule has 1 saturated heterocycles. The number of morpholine rings is 1. The molecular formula is C18H31F3IN7O2. The van der Waals surface area contributed by atoms with Crippen LogP contribution in [0.4, 0.5) is 19.1 Å². The number of ether oxygens (including phenoxy) is 1. The molecule has 1 aromatic heterocycles. The van der Waals surface area contributed by atoms with Crippen LogP contribution in [0.15, 0.2) is 17.3 Å². The number of hydrogen-bond acceptors (Lipinski definition) is 7. The van der Waals surface area contributed by atoms with Crippen LogP contribution in [0.5, 0.6) is 0 Å². The van der Waals surface area contributed by atoms with Gasteiger partial charge in [0.25, 0.3) is 0 Å². The van der Waals surface area contributed by atoms with Crippen molar-refractivity contribution in [2.45, 2.75) is 25.6 Å². The molecule has 1 aliphatic rings. The van der Waals surface area contributed by atoms with Crippen LogP contribution in [0.1, 0.15) is 19.5 Å². The lowest BCUT2D eigenvalue weighted by molar-refractivity contribution is -0.141. The van der Waals surface area contributed by atoms with Gasteiger partial charge in [0.05, 0.1) is 25.4 Å². The summed E-state index contributed by atoms with van der Waals surface area (Å²) in [4.78, 5) is 13.8. The lowest BCUT2D eigenvalue weighted by atomic mass is 10.1. The number of anilines is 1. The first kappa shape index (κ1) is 27.6. The van der Waals surface area contributed by atoms with Crippen LogP contribution < -0.4 is 16.0 Å². The number of hydrogen-bond donors (Lipinski definition) is 4. The SMILES string of the molecule is CCNC(=NCC(C)(O)CN1CCOCC1)NCCNc1nccc(C(F)(F)F)n1.I. The normalized spacial score (nSPS) is 17.4. The standard InChI is InChI=1S/C18H30F3N7O2.HI/c1-3-22-15(26-12-17(2,29)13-28-8-10-30-11-9-28)24-6-7-25-16-23-5-4-14(27-16)18(19,20)21;/h4-5,29H,3,6-13H2,1-2H3,(H2,22,24,26)(H,23,25,27);1H. The van der Waals surface area contributed by atoms with Gasteiger partial charge in [-0.2, -0.15) is 13.2 Å². The Morgan fingerprint density at radius 2 is 1.97 bits per heavy atom. The van der Waals surface area contributed by atoms with Crippen molar-refractivity contribution in [3.63, 3.8) is 0 Å². The Hall–Kier alpha value is -1.45. The average Bonchev–Trinajstić information content (AvgIpc) is 2.69. The minimum atomic E-state index is -4.51. The number of aliphatic hydroxyl groups is 1. The second-order valence-electron chi connectivity index (χ2n) is 7.20. The highest BCUT2D eigenvalue weighted by molar-refractivity contribution is 14.0. The fourth-order valence-electron chi connectivity index (χ4n) is 2.84. The van der Waals surface area contributed by atoms with Gasteiger partial charge in [-0.25, -0.2) is 9.97 Å². The Morgan fingerprint density at radius 1 is 1.26 bits per heavy atom. The fourth-order valence-corrected chi connectivity index (χ4v) is 2.84. The Balaban J connectivity index is 0.00000480. The molecule has 0 amide bonds. The van der Waals surface area contributed by atoms with E-state index in [0.29, 0.717) is 38.8 Å². The predicted octanol–water partition coefficient (Wildman–Crippen LogP) is 1.16. The van der Waals surface area contributed by atoms with E-state index in [1.165, 1.54) is 0 Å². The lowest BCUT2D eigenvalue weighted by Crippen LogP contribution is -2.48. The van der Waals surface area contributed by atoms with E-state index >= 15 is 0 Å². The fraction of sp³-hybridized carbons (Fsp3) is 0.722. The maximum Gasteiger partial charge on any atom is 0.433 e. The maximum absolute atomic E-state index is 12.7. The number of alkyl halides is 3. The summed E-state index contributed by atoms with van der Waals surface area (Å²) in [6, 6.07) is 0.822. The summed E-state index contributed by atoms with van der Waals surface area (Å²) >= 11 is 0. The highest BCUT2D eigenvalue weighted by Gasteiger charge is 2.32. The molecule has 1 aromatic rings. The smallest absolute Gasteiger partial charge is 0.387 e. The van der Waals surface area contributed by atoms with Crippen molar-refractivity contribution < 1.29 is 23.0 Å². The summed E-state index contributed by atoms with van der Waals surface area (Å²) in [6.07, 6.45) is -3.45. The van der Waals surface area contributed by atoms with E-state index in [2.05, 4.69) is 35.8 Å². The van der Waals surface area contributed by atoms with Crippen molar-refractivity contribution in [1.82, 2.24) is 25.5 Å². The summed E-state index contributed by atoms with van der Waals surface area (Å²) in [5.41, 5.74) is -1.99. The van der Waals surface area contributed by atoms with E-state index in [9.17, 15) is 18.3 Å². The number of halogens is 4. The van der Waals surface area contributed by atoms with Crippen LogP contribution in [0.3, 0.4) is 0 Å². The van der Waals surface area contributed by atoms with E-state index < -0.39 is 17.5 Å². The van der Waals surface area contributed by atoms with Gasteiger partial charge < -0.3 is 25.8 Å². The molecule has 1 unspecified atom stereocenters. The third-order valence-electron chi connectivity index (χ3n) is 4.24. The zero-order valence-electron chi connectivity index (χ0n) is 17.7. The summed E-state index contributed by atoms with van der Waals surface area (Å²) in [6.45, 7) is 8.51. The average molecular weight is 561 g/mol. The van der Waals surface area contributed by atoms with Crippen LogP contribution in [-0.2, 0) is 10.9 Å². The van der Waals surface area contributed by atoms with E-state index in [4.69, 9.17) is 4.74 Å². The van der Waals surface area contributed by atoms with E-state index in [0.717, 1.165) is 25.4 Å². The second-order valence-corrected chi connectivity index (χ2v) is 7.20. The van der Waals surface area contributed by atoms with Gasteiger partial charge in [0.15, 0.2) is 5.96 Å². The summed E-state index contributed by atoms with van der Waals surface area (Å²) < 4.78 is 43.4. The molecular weight excluding hydrogens is 530 g/mol. The Morgan fingerprint density at radius 3 is 2.61 bits per heavy atom. The molecule has 0 bridgehead atoms. The molecule has 1 aliphatic heterocycles. The molecule has 0 aromatic carbocycles. The molecule has 2 heterocycles. The molecule has 13 heteroatoms. The van der Waals surface area contributed by atoms with Gasteiger partial charge in [0.1, 0.15) is 5.69 Å². The number of β-amino-alcohol motifs (C(OH)–C–C–N with tert-alkyl or cyclic N) is 1. The molecule has 0 saturated carbocycles. The molecule has 1 atom stereocenters. The molecule has 0 spiro atoms. The van der Waals surface area contributed by atoms with Crippen molar-refractivity contribution in [2.75, 3.05) is 64.3 Å². The molecule has 31 heavy (non-hydrogen) atoms. The Bertz CT molecular complexity index is 686. The highest BCUT2D eigenvalue weighted by Crippen LogP contribution is 2.27. The van der Waals surface area contributed by atoms with Gasteiger partial charge >= 0.3 is 6.18 Å². The molecule has 2 rings (SSSR count). The van der Waals surface area contributed by atoms with Crippen LogP contribution >= 0.6 is 24.0 Å².